The maximum Gasteiger partial charge on any atom is 0.0953 e. The molecule has 2 aromatic rings. The molecule has 0 aliphatic heterocycles. The molecule has 2 aromatic heterocycles. The van der Waals surface area contributed by atoms with Gasteiger partial charge in [0.15, 0.2) is 0 Å². The molecule has 0 N–H and O–H groups in total. The summed E-state index contributed by atoms with van der Waals surface area (Å²) in [6, 6.07) is 1.89. The fraction of sp³-hybridized carbons (Fsp3) is 0.200. The van der Waals surface area contributed by atoms with Crippen molar-refractivity contribution in [2.24, 2.45) is 0 Å². The number of nitrogens with zero attached hydrogens (tertiary/aromatic N) is 3. The van der Waals surface area contributed by atoms with Gasteiger partial charge in [0.25, 0.3) is 0 Å². The zero-order chi connectivity index (χ0) is 10.7. The van der Waals surface area contributed by atoms with Gasteiger partial charge in [0, 0.05) is 18.6 Å². The Kier molecular flexibility index (Phi) is 3.23. The van der Waals surface area contributed by atoms with Crippen LogP contribution in [0.15, 0.2) is 31.0 Å². The van der Waals surface area contributed by atoms with E-state index in [0.29, 0.717) is 17.4 Å². The molecular weight excluding hydrogens is 233 g/mol. The topological polar surface area (TPSA) is 30.7 Å². The third kappa shape index (κ3) is 2.49. The Morgan fingerprint density at radius 3 is 2.93 bits per heavy atom. The highest BCUT2D eigenvalue weighted by Crippen LogP contribution is 2.15. The van der Waals surface area contributed by atoms with Gasteiger partial charge in [0.05, 0.1) is 29.5 Å². The lowest BCUT2D eigenvalue weighted by Gasteiger charge is -2.03. The van der Waals surface area contributed by atoms with Crippen LogP contribution in [0.5, 0.6) is 0 Å². The van der Waals surface area contributed by atoms with Crippen molar-refractivity contribution in [1.82, 2.24) is 14.5 Å². The Balaban J connectivity index is 2.18. The second kappa shape index (κ2) is 4.64. The summed E-state index contributed by atoms with van der Waals surface area (Å²) in [5.74, 6) is 0.428. The summed E-state index contributed by atoms with van der Waals surface area (Å²) >= 11 is 11.7. The monoisotopic (exact) mass is 241 g/mol. The summed E-state index contributed by atoms with van der Waals surface area (Å²) in [6.45, 7) is 0.686. The number of pyridine rings is 1. The predicted octanol–water partition coefficient (Wildman–Crippen LogP) is 2.72. The molecular formula is C10H9Cl2N3. The number of alkyl halides is 1. The zero-order valence-electron chi connectivity index (χ0n) is 7.90. The Hall–Kier alpha value is -1.06. The van der Waals surface area contributed by atoms with E-state index in [1.807, 2.05) is 16.8 Å². The average molecular weight is 242 g/mol. The first-order valence-electron chi connectivity index (χ1n) is 4.44. The molecule has 0 bridgehead atoms. The number of rotatable bonds is 3. The number of halogens is 2. The van der Waals surface area contributed by atoms with E-state index in [9.17, 15) is 0 Å². The van der Waals surface area contributed by atoms with Crippen LogP contribution in [0, 0.1) is 0 Å². The first-order valence-corrected chi connectivity index (χ1v) is 5.36. The van der Waals surface area contributed by atoms with Crippen LogP contribution < -0.4 is 0 Å². The molecule has 2 heterocycles. The molecule has 0 aliphatic rings. The average Bonchev–Trinajstić information content (AvgIpc) is 2.69. The van der Waals surface area contributed by atoms with Crippen LogP contribution in [0.3, 0.4) is 0 Å². The Labute approximate surface area is 97.7 Å². The molecule has 2 rings (SSSR count). The van der Waals surface area contributed by atoms with Crippen molar-refractivity contribution in [3.8, 4) is 0 Å². The van der Waals surface area contributed by atoms with Crippen LogP contribution in [0.4, 0.5) is 0 Å². The Morgan fingerprint density at radius 1 is 1.40 bits per heavy atom. The van der Waals surface area contributed by atoms with Crippen LogP contribution in [0.1, 0.15) is 11.3 Å². The van der Waals surface area contributed by atoms with E-state index in [2.05, 4.69) is 9.97 Å². The molecule has 0 spiro atoms. The quantitative estimate of drug-likeness (QED) is 0.774. The second-order valence-corrected chi connectivity index (χ2v) is 3.81. The minimum absolute atomic E-state index is 0.428. The van der Waals surface area contributed by atoms with Crippen molar-refractivity contribution in [2.45, 2.75) is 12.4 Å². The van der Waals surface area contributed by atoms with Crippen LogP contribution in [0.2, 0.25) is 5.02 Å². The van der Waals surface area contributed by atoms with Crippen molar-refractivity contribution in [2.75, 3.05) is 0 Å². The SMILES string of the molecule is ClCc1cn(Cc2ccncc2Cl)cn1. The highest BCUT2D eigenvalue weighted by atomic mass is 35.5. The molecule has 0 amide bonds. The van der Waals surface area contributed by atoms with Crippen molar-refractivity contribution in [3.63, 3.8) is 0 Å². The highest BCUT2D eigenvalue weighted by molar-refractivity contribution is 6.31. The van der Waals surface area contributed by atoms with Crippen LogP contribution in [-0.2, 0) is 12.4 Å². The lowest BCUT2D eigenvalue weighted by molar-refractivity contribution is 0.795. The summed E-state index contributed by atoms with van der Waals surface area (Å²) in [7, 11) is 0. The molecule has 15 heavy (non-hydrogen) atoms. The van der Waals surface area contributed by atoms with E-state index >= 15 is 0 Å². The van der Waals surface area contributed by atoms with Crippen LogP contribution >= 0.6 is 23.2 Å². The van der Waals surface area contributed by atoms with E-state index in [4.69, 9.17) is 23.2 Å². The molecule has 78 valence electrons. The molecule has 0 saturated carbocycles. The highest BCUT2D eigenvalue weighted by Gasteiger charge is 2.02. The van der Waals surface area contributed by atoms with Gasteiger partial charge >= 0.3 is 0 Å². The van der Waals surface area contributed by atoms with Gasteiger partial charge in [-0.2, -0.15) is 0 Å². The first kappa shape index (κ1) is 10.5. The summed E-state index contributed by atoms with van der Waals surface area (Å²) in [6.07, 6.45) is 7.01. The number of imidazole rings is 1. The third-order valence-electron chi connectivity index (χ3n) is 2.03. The van der Waals surface area contributed by atoms with Crippen molar-refractivity contribution in [1.29, 1.82) is 0 Å². The molecule has 0 fully saturated rings. The van der Waals surface area contributed by atoms with E-state index in [-0.39, 0.29) is 0 Å². The van der Waals surface area contributed by atoms with Gasteiger partial charge < -0.3 is 4.57 Å². The van der Waals surface area contributed by atoms with Gasteiger partial charge in [-0.25, -0.2) is 4.98 Å². The second-order valence-electron chi connectivity index (χ2n) is 3.14. The minimum Gasteiger partial charge on any atom is -0.333 e. The fourth-order valence-electron chi connectivity index (χ4n) is 1.29. The summed E-state index contributed by atoms with van der Waals surface area (Å²) in [5, 5.41) is 0.665. The van der Waals surface area contributed by atoms with Gasteiger partial charge in [-0.3, -0.25) is 4.98 Å². The van der Waals surface area contributed by atoms with Crippen molar-refractivity contribution < 1.29 is 0 Å². The number of aromatic nitrogens is 3. The standard InChI is InChI=1S/C10H9Cl2N3/c11-3-9-6-15(7-14-9)5-8-1-2-13-4-10(8)12/h1-2,4,6-7H,3,5H2. The molecule has 0 atom stereocenters. The molecule has 0 saturated heterocycles. The Bertz CT molecular complexity index is 453. The number of hydrogen-bond donors (Lipinski definition) is 0. The van der Waals surface area contributed by atoms with Crippen molar-refractivity contribution >= 4 is 23.2 Å². The third-order valence-corrected chi connectivity index (χ3v) is 2.65. The fourth-order valence-corrected chi connectivity index (χ4v) is 1.61. The van der Waals surface area contributed by atoms with Gasteiger partial charge in [-0.1, -0.05) is 11.6 Å². The largest absolute Gasteiger partial charge is 0.333 e. The van der Waals surface area contributed by atoms with Crippen LogP contribution in [0.25, 0.3) is 0 Å². The normalized spacial score (nSPS) is 10.5. The lowest BCUT2D eigenvalue weighted by Crippen LogP contribution is -1.97. The van der Waals surface area contributed by atoms with Crippen LogP contribution in [-0.4, -0.2) is 14.5 Å². The van der Waals surface area contributed by atoms with E-state index < -0.39 is 0 Å². The maximum absolute atomic E-state index is 5.99. The predicted molar refractivity (Wildman–Crippen MR) is 60.1 cm³/mol. The van der Waals surface area contributed by atoms with E-state index in [0.717, 1.165) is 11.3 Å². The Morgan fingerprint density at radius 2 is 2.27 bits per heavy atom. The van der Waals surface area contributed by atoms with Gasteiger partial charge in [-0.15, -0.1) is 11.6 Å². The maximum atomic E-state index is 5.99. The molecule has 0 radical (unpaired) electrons. The van der Waals surface area contributed by atoms with E-state index in [1.54, 1.807) is 18.7 Å². The minimum atomic E-state index is 0.428. The molecule has 0 aliphatic carbocycles. The number of hydrogen-bond acceptors (Lipinski definition) is 2. The molecule has 0 aromatic carbocycles. The van der Waals surface area contributed by atoms with Crippen molar-refractivity contribution in [3.05, 3.63) is 47.3 Å². The van der Waals surface area contributed by atoms with Gasteiger partial charge in [0.2, 0.25) is 0 Å². The zero-order valence-corrected chi connectivity index (χ0v) is 9.41. The molecule has 3 nitrogen and oxygen atoms in total. The van der Waals surface area contributed by atoms with Gasteiger partial charge in [0.1, 0.15) is 0 Å². The lowest BCUT2D eigenvalue weighted by atomic mass is 10.3. The first-order chi connectivity index (χ1) is 7.29. The van der Waals surface area contributed by atoms with E-state index in [1.165, 1.54) is 0 Å². The smallest absolute Gasteiger partial charge is 0.0953 e. The molecule has 5 heteroatoms. The summed E-state index contributed by atoms with van der Waals surface area (Å²) in [4.78, 5) is 8.06. The summed E-state index contributed by atoms with van der Waals surface area (Å²) in [5.41, 5.74) is 1.88. The summed E-state index contributed by atoms with van der Waals surface area (Å²) < 4.78 is 1.94. The van der Waals surface area contributed by atoms with Gasteiger partial charge in [-0.05, 0) is 11.6 Å². The molecule has 0 unspecified atom stereocenters.